The number of allylic oxidation sites excluding steroid dienone is 1. The maximum absolute atomic E-state index is 5.44. The standard InChI is InChI=1S/C59H38N4/c1-3-12-36(13-4-1)38-22-26-45-47(32-38)49-34-40(24-30-55(49)62-54-20-9-7-16-43(54)42-28-29-44(42)58(45)62)51-18-11-19-52(60-51)41-25-31-56-50(35-41)48-33-39(37-14-5-2-6-15-37)23-27-46(48)59-61-53-17-8-10-21-57(53)63(56)59/h1-27,30-35,42H,28-29H2/t42-/m0/s1. The maximum Gasteiger partial charge on any atom is 0.146 e. The molecule has 3 aliphatic rings. The second kappa shape index (κ2) is 13.2. The van der Waals surface area contributed by atoms with Crippen LogP contribution in [-0.2, 0) is 0 Å². The van der Waals surface area contributed by atoms with Crippen molar-refractivity contribution in [3.8, 4) is 55.9 Å². The number of benzene rings is 8. The number of rotatable bonds is 4. The summed E-state index contributed by atoms with van der Waals surface area (Å²) in [5.74, 6) is 0.492. The molecule has 2 aliphatic heterocycles. The summed E-state index contributed by atoms with van der Waals surface area (Å²) in [5.41, 5.74) is 23.8. The highest BCUT2D eigenvalue weighted by Crippen LogP contribution is 2.60. The van der Waals surface area contributed by atoms with E-state index in [1.165, 1.54) is 78.8 Å². The summed E-state index contributed by atoms with van der Waals surface area (Å²) in [6.45, 7) is 0. The molecule has 1 aliphatic carbocycles. The minimum absolute atomic E-state index is 0.492. The van der Waals surface area contributed by atoms with Crippen molar-refractivity contribution in [2.75, 3.05) is 4.90 Å². The van der Waals surface area contributed by atoms with Gasteiger partial charge in [0.25, 0.3) is 0 Å². The number of nitrogens with zero attached hydrogens (tertiary/aromatic N) is 4. The molecule has 0 radical (unpaired) electrons. The molecule has 294 valence electrons. The first-order chi connectivity index (χ1) is 31.2. The van der Waals surface area contributed by atoms with E-state index in [1.54, 1.807) is 5.57 Å². The first kappa shape index (κ1) is 34.6. The summed E-state index contributed by atoms with van der Waals surface area (Å²) in [4.78, 5) is 13.2. The largest absolute Gasteiger partial charge is 0.309 e. The van der Waals surface area contributed by atoms with E-state index in [1.807, 2.05) is 0 Å². The average Bonchev–Trinajstić information content (AvgIpc) is 3.74. The van der Waals surface area contributed by atoms with Crippen LogP contribution in [0.15, 0.2) is 206 Å². The lowest BCUT2D eigenvalue weighted by Crippen LogP contribution is -2.32. The summed E-state index contributed by atoms with van der Waals surface area (Å²) in [6.07, 6.45) is 2.35. The van der Waals surface area contributed by atoms with Gasteiger partial charge in [0.05, 0.1) is 39.3 Å². The van der Waals surface area contributed by atoms with E-state index in [0.717, 1.165) is 56.5 Å². The van der Waals surface area contributed by atoms with Crippen molar-refractivity contribution in [2.24, 2.45) is 0 Å². The molecule has 0 spiro atoms. The van der Waals surface area contributed by atoms with Crippen LogP contribution in [0.1, 0.15) is 29.9 Å². The van der Waals surface area contributed by atoms with Crippen LogP contribution in [0.3, 0.4) is 0 Å². The summed E-state index contributed by atoms with van der Waals surface area (Å²) in [7, 11) is 0. The Labute approximate surface area is 364 Å². The predicted molar refractivity (Wildman–Crippen MR) is 260 cm³/mol. The molecular formula is C59H38N4. The van der Waals surface area contributed by atoms with Crippen molar-refractivity contribution in [3.63, 3.8) is 0 Å². The smallest absolute Gasteiger partial charge is 0.146 e. The monoisotopic (exact) mass is 802 g/mol. The molecule has 14 rings (SSSR count). The number of para-hydroxylation sites is 3. The zero-order valence-corrected chi connectivity index (χ0v) is 34.3. The van der Waals surface area contributed by atoms with Gasteiger partial charge in [-0.1, -0.05) is 127 Å². The third kappa shape index (κ3) is 5.09. The second-order valence-electron chi connectivity index (χ2n) is 17.2. The van der Waals surface area contributed by atoms with Crippen molar-refractivity contribution in [2.45, 2.75) is 18.8 Å². The van der Waals surface area contributed by atoms with Crippen molar-refractivity contribution in [1.29, 1.82) is 0 Å². The van der Waals surface area contributed by atoms with Crippen molar-refractivity contribution >= 4 is 55.4 Å². The molecule has 5 heterocycles. The molecule has 3 aromatic heterocycles. The fourth-order valence-corrected chi connectivity index (χ4v) is 10.8. The summed E-state index contributed by atoms with van der Waals surface area (Å²) in [5, 5.41) is 3.48. The molecule has 63 heavy (non-hydrogen) atoms. The van der Waals surface area contributed by atoms with Crippen molar-refractivity contribution in [3.05, 3.63) is 217 Å². The Morgan fingerprint density at radius 3 is 1.89 bits per heavy atom. The normalized spacial score (nSPS) is 14.9. The fourth-order valence-electron chi connectivity index (χ4n) is 10.8. The van der Waals surface area contributed by atoms with E-state index in [-0.39, 0.29) is 0 Å². The minimum atomic E-state index is 0.492. The Morgan fingerprint density at radius 2 is 1.08 bits per heavy atom. The second-order valence-corrected chi connectivity index (χ2v) is 17.2. The highest BCUT2D eigenvalue weighted by atomic mass is 15.2. The summed E-state index contributed by atoms with van der Waals surface area (Å²) >= 11 is 0. The number of imidazole rings is 1. The molecule has 0 amide bonds. The lowest BCUT2D eigenvalue weighted by atomic mass is 9.68. The average molecular weight is 803 g/mol. The molecule has 1 fully saturated rings. The van der Waals surface area contributed by atoms with Crippen LogP contribution >= 0.6 is 0 Å². The topological polar surface area (TPSA) is 33.4 Å². The van der Waals surface area contributed by atoms with E-state index in [2.05, 4.69) is 209 Å². The van der Waals surface area contributed by atoms with Crippen LogP contribution in [0.5, 0.6) is 0 Å². The van der Waals surface area contributed by atoms with Gasteiger partial charge >= 0.3 is 0 Å². The predicted octanol–water partition coefficient (Wildman–Crippen LogP) is 15.3. The number of hydrogen-bond acceptors (Lipinski definition) is 3. The van der Waals surface area contributed by atoms with Gasteiger partial charge in [-0.15, -0.1) is 0 Å². The number of fused-ring (bicyclic) bond motifs is 18. The van der Waals surface area contributed by atoms with Gasteiger partial charge in [0.1, 0.15) is 5.65 Å². The highest BCUT2D eigenvalue weighted by molar-refractivity contribution is 6.15. The van der Waals surface area contributed by atoms with Crippen molar-refractivity contribution < 1.29 is 0 Å². The molecule has 0 unspecified atom stereocenters. The van der Waals surface area contributed by atoms with Crippen LogP contribution in [0, 0.1) is 0 Å². The molecule has 1 saturated carbocycles. The Hall–Kier alpha value is -8.08. The van der Waals surface area contributed by atoms with E-state index < -0.39 is 0 Å². The zero-order valence-electron chi connectivity index (χ0n) is 34.3. The first-order valence-electron chi connectivity index (χ1n) is 22.0. The van der Waals surface area contributed by atoms with Gasteiger partial charge in [-0.25, -0.2) is 9.97 Å². The molecular weight excluding hydrogens is 765 g/mol. The number of hydrogen-bond donors (Lipinski definition) is 0. The Balaban J connectivity index is 0.942. The molecule has 4 heteroatoms. The molecule has 0 N–H and O–H groups in total. The quantitative estimate of drug-likeness (QED) is 0.166. The summed E-state index contributed by atoms with van der Waals surface area (Å²) < 4.78 is 2.32. The third-order valence-corrected chi connectivity index (χ3v) is 13.9. The van der Waals surface area contributed by atoms with Crippen molar-refractivity contribution in [1.82, 2.24) is 14.4 Å². The Bertz CT molecular complexity index is 3750. The zero-order chi connectivity index (χ0) is 41.2. The van der Waals surface area contributed by atoms with Gasteiger partial charge in [0.2, 0.25) is 0 Å². The van der Waals surface area contributed by atoms with Crippen LogP contribution in [-0.4, -0.2) is 14.4 Å². The minimum Gasteiger partial charge on any atom is -0.309 e. The van der Waals surface area contributed by atoms with Gasteiger partial charge in [0.15, 0.2) is 0 Å². The molecule has 0 saturated heterocycles. The van der Waals surface area contributed by atoms with Gasteiger partial charge in [-0.05, 0) is 130 Å². The van der Waals surface area contributed by atoms with Crippen LogP contribution in [0.2, 0.25) is 0 Å². The number of aromatic nitrogens is 3. The van der Waals surface area contributed by atoms with Crippen LogP contribution in [0.4, 0.5) is 11.4 Å². The lowest BCUT2D eigenvalue weighted by molar-refractivity contribution is 0.559. The number of anilines is 2. The Kier molecular flexibility index (Phi) is 7.26. The van der Waals surface area contributed by atoms with Gasteiger partial charge in [-0.3, -0.25) is 4.40 Å². The molecule has 8 aromatic carbocycles. The fraction of sp³-hybridized carbons (Fsp3) is 0.0508. The highest BCUT2D eigenvalue weighted by Gasteiger charge is 2.42. The van der Waals surface area contributed by atoms with E-state index >= 15 is 0 Å². The molecule has 1 atom stereocenters. The summed E-state index contributed by atoms with van der Waals surface area (Å²) in [6, 6.07) is 73.0. The molecule has 0 bridgehead atoms. The number of pyridine rings is 2. The molecule has 4 nitrogen and oxygen atoms in total. The van der Waals surface area contributed by atoms with Gasteiger partial charge < -0.3 is 4.90 Å². The van der Waals surface area contributed by atoms with Crippen LogP contribution < -0.4 is 4.90 Å². The van der Waals surface area contributed by atoms with E-state index in [4.69, 9.17) is 9.97 Å². The first-order valence-corrected chi connectivity index (χ1v) is 22.0. The Morgan fingerprint density at radius 1 is 0.413 bits per heavy atom. The molecule has 11 aromatic rings. The van der Waals surface area contributed by atoms with Gasteiger partial charge in [-0.2, -0.15) is 0 Å². The maximum atomic E-state index is 5.44. The van der Waals surface area contributed by atoms with E-state index in [9.17, 15) is 0 Å². The lowest BCUT2D eigenvalue weighted by Gasteiger charge is -2.47. The SMILES string of the molecule is c1ccc(-c2ccc3c(c2)-c2cc(-c4cccc(-c5ccc6c(c5)c5cc(-c7ccccc7)ccc5c5nc7ccccc7n65)n4)ccc2N2C3=C3CC[C@H]3c3ccccc32)cc1. The third-order valence-electron chi connectivity index (χ3n) is 13.9. The van der Waals surface area contributed by atoms with Gasteiger partial charge in [0, 0.05) is 44.6 Å². The van der Waals surface area contributed by atoms with E-state index in [0.29, 0.717) is 5.92 Å². The van der Waals surface area contributed by atoms with Crippen LogP contribution in [0.25, 0.3) is 99.9 Å².